The van der Waals surface area contributed by atoms with E-state index in [1.807, 2.05) is 13.8 Å². The summed E-state index contributed by atoms with van der Waals surface area (Å²) in [5.74, 6) is 0.119. The van der Waals surface area contributed by atoms with Gasteiger partial charge in [0.25, 0.3) is 0 Å². The zero-order chi connectivity index (χ0) is 12.8. The molecule has 0 aliphatic carbocycles. The van der Waals surface area contributed by atoms with Gasteiger partial charge in [0.1, 0.15) is 18.2 Å². The SMILES string of the molecule is CCOc1cc(N(C)C(CC)C(=O)O)ncn1. The van der Waals surface area contributed by atoms with E-state index in [2.05, 4.69) is 9.97 Å². The number of carboxylic acids is 1. The second kappa shape index (κ2) is 6.03. The third kappa shape index (κ3) is 3.30. The third-order valence-corrected chi connectivity index (χ3v) is 2.42. The predicted molar refractivity (Wildman–Crippen MR) is 63.3 cm³/mol. The highest BCUT2D eigenvalue weighted by Gasteiger charge is 2.21. The molecule has 0 saturated heterocycles. The van der Waals surface area contributed by atoms with Crippen LogP contribution in [0.1, 0.15) is 20.3 Å². The van der Waals surface area contributed by atoms with Crippen molar-refractivity contribution in [2.45, 2.75) is 26.3 Å². The number of aromatic nitrogens is 2. The van der Waals surface area contributed by atoms with Crippen LogP contribution < -0.4 is 9.64 Å². The lowest BCUT2D eigenvalue weighted by Crippen LogP contribution is -2.38. The van der Waals surface area contributed by atoms with E-state index in [0.29, 0.717) is 24.7 Å². The van der Waals surface area contributed by atoms with Crippen molar-refractivity contribution in [3.05, 3.63) is 12.4 Å². The lowest BCUT2D eigenvalue weighted by atomic mass is 10.2. The molecule has 0 bridgehead atoms. The highest BCUT2D eigenvalue weighted by Crippen LogP contribution is 2.17. The summed E-state index contributed by atoms with van der Waals surface area (Å²) < 4.78 is 5.25. The molecule has 1 unspecified atom stereocenters. The number of carboxylic acid groups (broad SMARTS) is 1. The lowest BCUT2D eigenvalue weighted by Gasteiger charge is -2.24. The first-order valence-corrected chi connectivity index (χ1v) is 5.50. The molecule has 1 rings (SSSR count). The second-order valence-electron chi connectivity index (χ2n) is 3.52. The van der Waals surface area contributed by atoms with Gasteiger partial charge < -0.3 is 14.7 Å². The number of ether oxygens (including phenoxy) is 1. The minimum atomic E-state index is -0.869. The second-order valence-corrected chi connectivity index (χ2v) is 3.52. The summed E-state index contributed by atoms with van der Waals surface area (Å²) in [6.07, 6.45) is 1.87. The Morgan fingerprint density at radius 1 is 1.53 bits per heavy atom. The highest BCUT2D eigenvalue weighted by atomic mass is 16.5. The number of likely N-dealkylation sites (N-methyl/N-ethyl adjacent to an activating group) is 1. The van der Waals surface area contributed by atoms with Crippen LogP contribution in [0.3, 0.4) is 0 Å². The standard InChI is InChI=1S/C11H17N3O3/c1-4-8(11(15)16)14(3)9-6-10(17-5-2)13-7-12-9/h6-8H,4-5H2,1-3H3,(H,15,16). The number of aliphatic carboxylic acids is 1. The topological polar surface area (TPSA) is 75.5 Å². The normalized spacial score (nSPS) is 11.9. The Kier molecular flexibility index (Phi) is 4.68. The van der Waals surface area contributed by atoms with Gasteiger partial charge in [-0.2, -0.15) is 0 Å². The van der Waals surface area contributed by atoms with Crippen LogP contribution in [0, 0.1) is 0 Å². The van der Waals surface area contributed by atoms with Crippen molar-refractivity contribution in [3.63, 3.8) is 0 Å². The van der Waals surface area contributed by atoms with Gasteiger partial charge >= 0.3 is 5.97 Å². The zero-order valence-electron chi connectivity index (χ0n) is 10.3. The monoisotopic (exact) mass is 239 g/mol. The largest absolute Gasteiger partial charge is 0.480 e. The van der Waals surface area contributed by atoms with E-state index in [1.54, 1.807) is 18.0 Å². The molecule has 6 nitrogen and oxygen atoms in total. The summed E-state index contributed by atoms with van der Waals surface area (Å²) in [6.45, 7) is 4.19. The molecule has 94 valence electrons. The smallest absolute Gasteiger partial charge is 0.326 e. The number of hydrogen-bond donors (Lipinski definition) is 1. The van der Waals surface area contributed by atoms with E-state index in [0.717, 1.165) is 0 Å². The first-order chi connectivity index (χ1) is 8.10. The Hall–Kier alpha value is -1.85. The Labute approximate surface area is 100 Å². The molecule has 0 aromatic carbocycles. The first kappa shape index (κ1) is 13.2. The summed E-state index contributed by atoms with van der Waals surface area (Å²) in [6, 6.07) is 1.04. The van der Waals surface area contributed by atoms with Crippen molar-refractivity contribution in [2.75, 3.05) is 18.6 Å². The molecule has 0 fully saturated rings. The lowest BCUT2D eigenvalue weighted by molar-refractivity contribution is -0.138. The van der Waals surface area contributed by atoms with Gasteiger partial charge in [0.15, 0.2) is 0 Å². The molecule has 17 heavy (non-hydrogen) atoms. The van der Waals surface area contributed by atoms with Crippen molar-refractivity contribution in [2.24, 2.45) is 0 Å². The van der Waals surface area contributed by atoms with Crippen LogP contribution in [0.15, 0.2) is 12.4 Å². The van der Waals surface area contributed by atoms with Crippen molar-refractivity contribution in [3.8, 4) is 5.88 Å². The Bertz CT molecular complexity index is 384. The van der Waals surface area contributed by atoms with Crippen molar-refractivity contribution >= 4 is 11.8 Å². The van der Waals surface area contributed by atoms with Gasteiger partial charge in [-0.3, -0.25) is 0 Å². The number of anilines is 1. The van der Waals surface area contributed by atoms with Crippen LogP contribution in [0.5, 0.6) is 5.88 Å². The molecule has 0 saturated carbocycles. The summed E-state index contributed by atoms with van der Waals surface area (Å²) in [7, 11) is 1.69. The third-order valence-electron chi connectivity index (χ3n) is 2.42. The molecule has 0 aliphatic rings. The Balaban J connectivity index is 2.90. The maximum absolute atomic E-state index is 11.0. The quantitative estimate of drug-likeness (QED) is 0.803. The fraction of sp³-hybridized carbons (Fsp3) is 0.545. The fourth-order valence-electron chi connectivity index (χ4n) is 1.52. The van der Waals surface area contributed by atoms with E-state index < -0.39 is 12.0 Å². The summed E-state index contributed by atoms with van der Waals surface area (Å²) in [4.78, 5) is 20.6. The van der Waals surface area contributed by atoms with Gasteiger partial charge in [-0.15, -0.1) is 0 Å². The fourth-order valence-corrected chi connectivity index (χ4v) is 1.52. The molecule has 1 atom stereocenters. The predicted octanol–water partition coefficient (Wildman–Crippen LogP) is 1.17. The van der Waals surface area contributed by atoms with Crippen LogP contribution in [-0.2, 0) is 4.79 Å². The van der Waals surface area contributed by atoms with Gasteiger partial charge in [0, 0.05) is 13.1 Å². The Morgan fingerprint density at radius 2 is 2.24 bits per heavy atom. The molecule has 0 amide bonds. The summed E-state index contributed by atoms with van der Waals surface area (Å²) in [5, 5.41) is 9.06. The summed E-state index contributed by atoms with van der Waals surface area (Å²) >= 11 is 0. The van der Waals surface area contributed by atoms with Crippen LogP contribution in [0.4, 0.5) is 5.82 Å². The molecule has 1 aromatic heterocycles. The molecular weight excluding hydrogens is 222 g/mol. The molecule has 0 radical (unpaired) electrons. The first-order valence-electron chi connectivity index (χ1n) is 5.50. The summed E-state index contributed by atoms with van der Waals surface area (Å²) in [5.41, 5.74) is 0. The number of carbonyl (C=O) groups is 1. The van der Waals surface area contributed by atoms with E-state index >= 15 is 0 Å². The average molecular weight is 239 g/mol. The minimum Gasteiger partial charge on any atom is -0.480 e. The van der Waals surface area contributed by atoms with Gasteiger partial charge in [-0.25, -0.2) is 14.8 Å². The molecule has 1 N–H and O–H groups in total. The van der Waals surface area contributed by atoms with Crippen LogP contribution >= 0.6 is 0 Å². The maximum Gasteiger partial charge on any atom is 0.326 e. The number of rotatable bonds is 6. The maximum atomic E-state index is 11.0. The number of hydrogen-bond acceptors (Lipinski definition) is 5. The van der Waals surface area contributed by atoms with Gasteiger partial charge in [-0.1, -0.05) is 6.92 Å². The van der Waals surface area contributed by atoms with E-state index in [9.17, 15) is 4.79 Å². The van der Waals surface area contributed by atoms with E-state index in [1.165, 1.54) is 6.33 Å². The molecule has 6 heteroatoms. The van der Waals surface area contributed by atoms with Crippen molar-refractivity contribution in [1.82, 2.24) is 9.97 Å². The molecule has 1 aromatic rings. The van der Waals surface area contributed by atoms with Gasteiger partial charge in [0.05, 0.1) is 6.61 Å². The zero-order valence-corrected chi connectivity index (χ0v) is 10.3. The van der Waals surface area contributed by atoms with Crippen LogP contribution in [-0.4, -0.2) is 40.7 Å². The van der Waals surface area contributed by atoms with Crippen molar-refractivity contribution in [1.29, 1.82) is 0 Å². The molecular formula is C11H17N3O3. The average Bonchev–Trinajstić information content (AvgIpc) is 2.30. The van der Waals surface area contributed by atoms with E-state index in [-0.39, 0.29) is 0 Å². The minimum absolute atomic E-state index is 0.449. The van der Waals surface area contributed by atoms with Crippen LogP contribution in [0.25, 0.3) is 0 Å². The molecule has 1 heterocycles. The van der Waals surface area contributed by atoms with Crippen molar-refractivity contribution < 1.29 is 14.6 Å². The van der Waals surface area contributed by atoms with Crippen LogP contribution in [0.2, 0.25) is 0 Å². The van der Waals surface area contributed by atoms with Gasteiger partial charge in [0.2, 0.25) is 5.88 Å². The number of nitrogens with zero attached hydrogens (tertiary/aromatic N) is 3. The molecule has 0 spiro atoms. The van der Waals surface area contributed by atoms with E-state index in [4.69, 9.17) is 9.84 Å². The van der Waals surface area contributed by atoms with Gasteiger partial charge in [-0.05, 0) is 13.3 Å². The highest BCUT2D eigenvalue weighted by molar-refractivity contribution is 5.77. The Morgan fingerprint density at radius 3 is 2.76 bits per heavy atom. The molecule has 0 aliphatic heterocycles.